The Bertz CT molecular complexity index is 488. The van der Waals surface area contributed by atoms with Crippen molar-refractivity contribution in [1.82, 2.24) is 4.90 Å². The van der Waals surface area contributed by atoms with Gasteiger partial charge in [0.2, 0.25) is 6.41 Å². The fourth-order valence-corrected chi connectivity index (χ4v) is 3.92. The molecule has 0 atom stereocenters. The van der Waals surface area contributed by atoms with Crippen LogP contribution in [0.15, 0.2) is 21.1 Å². The highest BCUT2D eigenvalue weighted by Crippen LogP contribution is 2.30. The van der Waals surface area contributed by atoms with Gasteiger partial charge in [0.05, 0.1) is 11.8 Å². The number of anilines is 1. The minimum atomic E-state index is -0.218. The quantitative estimate of drug-likeness (QED) is 0.597. The fraction of sp³-hybridized carbons (Fsp3) is 0.500. The Balaban J connectivity index is 2.12. The number of nitrogens with zero attached hydrogens (tertiary/aromatic N) is 1. The van der Waals surface area contributed by atoms with Crippen LogP contribution in [0.1, 0.15) is 31.2 Å². The molecule has 0 spiro atoms. The standard InChI is InChI=1S/C14H18Br2N2O2/c15-10-5-9(14(17)13(16)6-10)7-18(8-19)11-1-3-12(20)4-2-11/h5-6,8,11-12,20H,1-4,7,17H2. The number of hydrogen-bond donors (Lipinski definition) is 2. The molecule has 3 N–H and O–H groups in total. The maximum Gasteiger partial charge on any atom is 0.210 e. The van der Waals surface area contributed by atoms with Crippen LogP contribution in [-0.2, 0) is 11.3 Å². The van der Waals surface area contributed by atoms with Gasteiger partial charge in [0, 0.05) is 21.5 Å². The van der Waals surface area contributed by atoms with Crippen molar-refractivity contribution in [2.75, 3.05) is 5.73 Å². The van der Waals surface area contributed by atoms with Gasteiger partial charge in [-0.3, -0.25) is 4.79 Å². The Morgan fingerprint density at radius 2 is 1.95 bits per heavy atom. The average Bonchev–Trinajstić information content (AvgIpc) is 2.42. The van der Waals surface area contributed by atoms with Crippen molar-refractivity contribution in [2.24, 2.45) is 0 Å². The summed E-state index contributed by atoms with van der Waals surface area (Å²) in [5.41, 5.74) is 7.64. The highest BCUT2D eigenvalue weighted by Gasteiger charge is 2.24. The monoisotopic (exact) mass is 404 g/mol. The van der Waals surface area contributed by atoms with Crippen LogP contribution >= 0.6 is 31.9 Å². The molecule has 0 aliphatic heterocycles. The first-order chi connectivity index (χ1) is 9.51. The lowest BCUT2D eigenvalue weighted by atomic mass is 9.92. The number of rotatable bonds is 4. The largest absolute Gasteiger partial charge is 0.398 e. The molecular formula is C14H18Br2N2O2. The van der Waals surface area contributed by atoms with Gasteiger partial charge in [0.1, 0.15) is 0 Å². The van der Waals surface area contributed by atoms with Gasteiger partial charge < -0.3 is 15.7 Å². The molecule has 0 saturated heterocycles. The van der Waals surface area contributed by atoms with Crippen LogP contribution in [0.25, 0.3) is 0 Å². The summed E-state index contributed by atoms with van der Waals surface area (Å²) in [6, 6.07) is 4.02. The highest BCUT2D eigenvalue weighted by atomic mass is 79.9. The van der Waals surface area contributed by atoms with E-state index in [2.05, 4.69) is 31.9 Å². The summed E-state index contributed by atoms with van der Waals surface area (Å²) in [5.74, 6) is 0. The zero-order valence-corrected chi connectivity index (χ0v) is 14.2. The van der Waals surface area contributed by atoms with E-state index in [1.54, 1.807) is 4.90 Å². The van der Waals surface area contributed by atoms with Crippen LogP contribution < -0.4 is 5.73 Å². The normalized spacial score (nSPS) is 22.6. The van der Waals surface area contributed by atoms with E-state index in [0.29, 0.717) is 12.2 Å². The molecular weight excluding hydrogens is 388 g/mol. The zero-order chi connectivity index (χ0) is 14.7. The number of hydrogen-bond acceptors (Lipinski definition) is 3. The molecule has 0 bridgehead atoms. The lowest BCUT2D eigenvalue weighted by molar-refractivity contribution is -0.122. The molecule has 1 amide bonds. The summed E-state index contributed by atoms with van der Waals surface area (Å²) < 4.78 is 1.75. The van der Waals surface area contributed by atoms with Crippen LogP contribution in [0, 0.1) is 0 Å². The molecule has 1 aliphatic rings. The van der Waals surface area contributed by atoms with E-state index < -0.39 is 0 Å². The Morgan fingerprint density at radius 3 is 2.55 bits per heavy atom. The van der Waals surface area contributed by atoms with Crippen molar-refractivity contribution in [3.63, 3.8) is 0 Å². The van der Waals surface area contributed by atoms with Crippen molar-refractivity contribution >= 4 is 44.0 Å². The number of aliphatic hydroxyl groups excluding tert-OH is 1. The number of benzene rings is 1. The predicted molar refractivity (Wildman–Crippen MR) is 86.1 cm³/mol. The molecule has 0 radical (unpaired) electrons. The zero-order valence-electron chi connectivity index (χ0n) is 11.1. The maximum atomic E-state index is 11.4. The molecule has 110 valence electrons. The van der Waals surface area contributed by atoms with Gasteiger partial charge in [-0.2, -0.15) is 0 Å². The third-order valence-electron chi connectivity index (χ3n) is 3.80. The number of nitrogen functional groups attached to an aromatic ring is 1. The van der Waals surface area contributed by atoms with Crippen LogP contribution in [0.5, 0.6) is 0 Å². The third kappa shape index (κ3) is 3.74. The summed E-state index contributed by atoms with van der Waals surface area (Å²) in [6.45, 7) is 0.494. The van der Waals surface area contributed by atoms with E-state index in [0.717, 1.165) is 46.6 Å². The van der Waals surface area contributed by atoms with Gasteiger partial charge in [0.15, 0.2) is 0 Å². The van der Waals surface area contributed by atoms with E-state index in [1.807, 2.05) is 12.1 Å². The van der Waals surface area contributed by atoms with E-state index >= 15 is 0 Å². The van der Waals surface area contributed by atoms with Gasteiger partial charge in [-0.25, -0.2) is 0 Å². The number of carbonyl (C=O) groups is 1. The van der Waals surface area contributed by atoms with Crippen molar-refractivity contribution in [1.29, 1.82) is 0 Å². The Labute approximate surface area is 135 Å². The van der Waals surface area contributed by atoms with Crippen LogP contribution in [0.2, 0.25) is 0 Å². The Kier molecular flexibility index (Phi) is 5.46. The van der Waals surface area contributed by atoms with Crippen molar-refractivity contribution in [3.05, 3.63) is 26.6 Å². The average molecular weight is 406 g/mol. The summed E-state index contributed by atoms with van der Waals surface area (Å²) in [5, 5.41) is 9.55. The summed E-state index contributed by atoms with van der Waals surface area (Å²) in [6.07, 6.45) is 3.87. The molecule has 2 rings (SSSR count). The number of aliphatic hydroxyl groups is 1. The SMILES string of the molecule is Nc1c(Br)cc(Br)cc1CN(C=O)C1CCC(O)CC1. The highest BCUT2D eigenvalue weighted by molar-refractivity contribution is 9.11. The number of carbonyl (C=O) groups excluding carboxylic acids is 1. The van der Waals surface area contributed by atoms with Crippen LogP contribution in [-0.4, -0.2) is 28.6 Å². The second kappa shape index (κ2) is 6.91. The van der Waals surface area contributed by atoms with E-state index in [1.165, 1.54) is 0 Å². The van der Waals surface area contributed by atoms with Crippen LogP contribution in [0.3, 0.4) is 0 Å². The predicted octanol–water partition coefficient (Wildman–Crippen LogP) is 3.06. The molecule has 20 heavy (non-hydrogen) atoms. The van der Waals surface area contributed by atoms with Gasteiger partial charge >= 0.3 is 0 Å². The molecule has 1 fully saturated rings. The molecule has 1 aromatic rings. The number of nitrogens with two attached hydrogens (primary N) is 1. The van der Waals surface area contributed by atoms with Crippen molar-refractivity contribution in [2.45, 2.75) is 44.4 Å². The summed E-state index contributed by atoms with van der Waals surface area (Å²) >= 11 is 6.86. The molecule has 4 nitrogen and oxygen atoms in total. The van der Waals surface area contributed by atoms with Gasteiger partial charge in [0.25, 0.3) is 0 Å². The minimum absolute atomic E-state index is 0.188. The van der Waals surface area contributed by atoms with E-state index in [9.17, 15) is 9.90 Å². The fourth-order valence-electron chi connectivity index (χ4n) is 2.61. The Hall–Kier alpha value is -0.590. The third-order valence-corrected chi connectivity index (χ3v) is 4.92. The smallest absolute Gasteiger partial charge is 0.210 e. The molecule has 0 heterocycles. The van der Waals surface area contributed by atoms with E-state index in [-0.39, 0.29) is 12.1 Å². The molecule has 6 heteroatoms. The lowest BCUT2D eigenvalue weighted by Gasteiger charge is -2.33. The van der Waals surface area contributed by atoms with Gasteiger partial charge in [-0.15, -0.1) is 0 Å². The summed E-state index contributed by atoms with van der Waals surface area (Å²) in [7, 11) is 0. The molecule has 0 aromatic heterocycles. The maximum absolute atomic E-state index is 11.4. The van der Waals surface area contributed by atoms with Gasteiger partial charge in [-0.1, -0.05) is 15.9 Å². The minimum Gasteiger partial charge on any atom is -0.398 e. The first kappa shape index (κ1) is 15.8. The molecule has 1 saturated carbocycles. The van der Waals surface area contributed by atoms with Crippen molar-refractivity contribution < 1.29 is 9.90 Å². The topological polar surface area (TPSA) is 66.6 Å². The second-order valence-corrected chi connectivity index (χ2v) is 6.97. The van der Waals surface area contributed by atoms with Gasteiger partial charge in [-0.05, 0) is 59.3 Å². The first-order valence-corrected chi connectivity index (χ1v) is 8.22. The van der Waals surface area contributed by atoms with Crippen molar-refractivity contribution in [3.8, 4) is 0 Å². The summed E-state index contributed by atoms with van der Waals surface area (Å²) in [4.78, 5) is 13.2. The van der Waals surface area contributed by atoms with Crippen LogP contribution in [0.4, 0.5) is 5.69 Å². The van der Waals surface area contributed by atoms with E-state index in [4.69, 9.17) is 5.73 Å². The number of halogens is 2. The number of amides is 1. The first-order valence-electron chi connectivity index (χ1n) is 6.63. The molecule has 1 aromatic carbocycles. The molecule has 0 unspecified atom stereocenters. The molecule has 1 aliphatic carbocycles. The Morgan fingerprint density at radius 1 is 1.30 bits per heavy atom. The second-order valence-electron chi connectivity index (χ2n) is 5.20. The lowest BCUT2D eigenvalue weighted by Crippen LogP contribution is -2.37.